The summed E-state index contributed by atoms with van der Waals surface area (Å²) < 4.78 is 11.8. The Labute approximate surface area is 153 Å². The highest BCUT2D eigenvalue weighted by Crippen LogP contribution is 2.13. The number of carbonyl (C=O) groups is 2. The summed E-state index contributed by atoms with van der Waals surface area (Å²) in [7, 11) is 2.96. The smallest absolute Gasteiger partial charge is 0.307 e. The minimum Gasteiger partial charge on any atom is -0.497 e. The van der Waals surface area contributed by atoms with Crippen molar-refractivity contribution in [2.24, 2.45) is 0 Å². The molecule has 0 fully saturated rings. The Morgan fingerprint density at radius 2 is 1.92 bits per heavy atom. The number of methoxy groups -OCH3 is 2. The summed E-state index contributed by atoms with van der Waals surface area (Å²) in [6, 6.07) is 7.42. The molecule has 2 aromatic rings. The normalized spacial score (nSPS) is 10.4. The van der Waals surface area contributed by atoms with Crippen LogP contribution in [0.1, 0.15) is 18.4 Å². The number of esters is 1. The predicted molar refractivity (Wildman–Crippen MR) is 96.8 cm³/mol. The molecule has 1 amide bonds. The fraction of sp³-hybridized carbons (Fsp3) is 0.421. The van der Waals surface area contributed by atoms with Crippen molar-refractivity contribution >= 4 is 11.9 Å². The van der Waals surface area contributed by atoms with Crippen LogP contribution in [0.25, 0.3) is 0 Å². The molecule has 7 nitrogen and oxygen atoms in total. The molecule has 0 bridgehead atoms. The molecule has 7 heteroatoms. The van der Waals surface area contributed by atoms with E-state index in [9.17, 15) is 9.59 Å². The first-order valence-electron chi connectivity index (χ1n) is 8.55. The first kappa shape index (κ1) is 19.5. The number of hydrogen-bond donors (Lipinski definition) is 0. The van der Waals surface area contributed by atoms with Gasteiger partial charge in [0.1, 0.15) is 5.75 Å². The molecule has 0 unspecified atom stereocenters. The Bertz CT molecular complexity index is 683. The molecule has 1 aromatic heterocycles. The summed E-state index contributed by atoms with van der Waals surface area (Å²) in [6.07, 6.45) is 6.62. The van der Waals surface area contributed by atoms with Gasteiger partial charge in [-0.3, -0.25) is 9.59 Å². The summed E-state index contributed by atoms with van der Waals surface area (Å²) >= 11 is 0. The summed E-state index contributed by atoms with van der Waals surface area (Å²) in [5, 5.41) is 0. The minimum absolute atomic E-state index is 0.00954. The molecule has 0 aliphatic heterocycles. The van der Waals surface area contributed by atoms with Gasteiger partial charge in [0, 0.05) is 32.0 Å². The van der Waals surface area contributed by atoms with Gasteiger partial charge in [0.05, 0.1) is 33.4 Å². The van der Waals surface area contributed by atoms with Crippen LogP contribution in [0.4, 0.5) is 0 Å². The Morgan fingerprint density at radius 1 is 1.15 bits per heavy atom. The maximum absolute atomic E-state index is 12.7. The van der Waals surface area contributed by atoms with E-state index in [-0.39, 0.29) is 24.7 Å². The van der Waals surface area contributed by atoms with Crippen LogP contribution in [-0.2, 0) is 27.3 Å². The number of rotatable bonds is 10. The highest BCUT2D eigenvalue weighted by Gasteiger charge is 2.16. The van der Waals surface area contributed by atoms with Crippen LogP contribution in [-0.4, -0.2) is 53.6 Å². The first-order valence-corrected chi connectivity index (χ1v) is 8.55. The lowest BCUT2D eigenvalue weighted by molar-refractivity contribution is -0.141. The standard InChI is InChI=1S/C19H25N3O4/c1-25-17-6-4-16(5-7-17)14-18(23)22(12-8-19(24)26-2)11-3-10-21-13-9-20-15-21/h4-7,9,13,15H,3,8,10-12,14H2,1-2H3. The molecular weight excluding hydrogens is 334 g/mol. The topological polar surface area (TPSA) is 73.7 Å². The third-order valence-electron chi connectivity index (χ3n) is 4.08. The van der Waals surface area contributed by atoms with Gasteiger partial charge in [0.15, 0.2) is 0 Å². The fourth-order valence-corrected chi connectivity index (χ4v) is 2.58. The summed E-state index contributed by atoms with van der Waals surface area (Å²) in [5.41, 5.74) is 0.911. The van der Waals surface area contributed by atoms with E-state index in [1.807, 2.05) is 35.0 Å². The lowest BCUT2D eigenvalue weighted by Gasteiger charge is -2.22. The lowest BCUT2D eigenvalue weighted by Crippen LogP contribution is -2.35. The average Bonchev–Trinajstić information content (AvgIpc) is 3.18. The van der Waals surface area contributed by atoms with Crippen molar-refractivity contribution in [3.05, 3.63) is 48.5 Å². The maximum atomic E-state index is 12.7. The van der Waals surface area contributed by atoms with E-state index in [4.69, 9.17) is 4.74 Å². The summed E-state index contributed by atoms with van der Waals surface area (Å²) in [6.45, 7) is 1.69. The van der Waals surface area contributed by atoms with Crippen molar-refractivity contribution in [1.82, 2.24) is 14.5 Å². The molecule has 0 saturated heterocycles. The van der Waals surface area contributed by atoms with E-state index in [0.717, 1.165) is 24.3 Å². The third kappa shape index (κ3) is 6.23. The van der Waals surface area contributed by atoms with Gasteiger partial charge >= 0.3 is 5.97 Å². The highest BCUT2D eigenvalue weighted by molar-refractivity contribution is 5.79. The van der Waals surface area contributed by atoms with Gasteiger partial charge in [0.25, 0.3) is 0 Å². The largest absolute Gasteiger partial charge is 0.497 e. The quantitative estimate of drug-likeness (QED) is 0.606. The molecule has 0 aliphatic rings. The second kappa shape index (κ2) is 10.2. The molecule has 0 N–H and O–H groups in total. The first-order chi connectivity index (χ1) is 12.6. The van der Waals surface area contributed by atoms with Crippen molar-refractivity contribution in [1.29, 1.82) is 0 Å². The van der Waals surface area contributed by atoms with Crippen molar-refractivity contribution in [3.8, 4) is 5.75 Å². The number of benzene rings is 1. The Hall–Kier alpha value is -2.83. The van der Waals surface area contributed by atoms with Crippen molar-refractivity contribution in [3.63, 3.8) is 0 Å². The number of nitrogens with zero attached hydrogens (tertiary/aromatic N) is 3. The van der Waals surface area contributed by atoms with Gasteiger partial charge in [0.2, 0.25) is 5.91 Å². The zero-order valence-electron chi connectivity index (χ0n) is 15.3. The summed E-state index contributed by atoms with van der Waals surface area (Å²) in [4.78, 5) is 29.9. The van der Waals surface area contributed by atoms with E-state index >= 15 is 0 Å². The minimum atomic E-state index is -0.318. The fourth-order valence-electron chi connectivity index (χ4n) is 2.58. The van der Waals surface area contributed by atoms with Gasteiger partial charge in [-0.25, -0.2) is 4.98 Å². The van der Waals surface area contributed by atoms with Crippen molar-refractivity contribution in [2.75, 3.05) is 27.3 Å². The maximum Gasteiger partial charge on any atom is 0.307 e. The van der Waals surface area contributed by atoms with Crippen LogP contribution in [0.15, 0.2) is 43.0 Å². The number of imidazole rings is 1. The van der Waals surface area contributed by atoms with E-state index < -0.39 is 0 Å². The predicted octanol–water partition coefficient (Wildman–Crippen LogP) is 1.92. The Morgan fingerprint density at radius 3 is 2.54 bits per heavy atom. The van der Waals surface area contributed by atoms with Gasteiger partial charge in [-0.1, -0.05) is 12.1 Å². The molecular formula is C19H25N3O4. The molecule has 1 aromatic carbocycles. The summed E-state index contributed by atoms with van der Waals surface area (Å²) in [5.74, 6) is 0.427. The lowest BCUT2D eigenvalue weighted by atomic mass is 10.1. The van der Waals surface area contributed by atoms with Gasteiger partial charge in [-0.05, 0) is 24.1 Å². The molecule has 0 saturated carbocycles. The number of ether oxygens (including phenoxy) is 2. The van der Waals surface area contributed by atoms with E-state index in [0.29, 0.717) is 13.1 Å². The average molecular weight is 359 g/mol. The van der Waals surface area contributed by atoms with Gasteiger partial charge < -0.3 is 18.9 Å². The number of carbonyl (C=O) groups excluding carboxylic acids is 2. The number of amides is 1. The molecule has 0 atom stereocenters. The van der Waals surface area contributed by atoms with Crippen LogP contribution in [0, 0.1) is 0 Å². The van der Waals surface area contributed by atoms with Crippen molar-refractivity contribution < 1.29 is 19.1 Å². The Kier molecular flexibility index (Phi) is 7.67. The number of aryl methyl sites for hydroxylation is 1. The second-order valence-corrected chi connectivity index (χ2v) is 5.89. The number of aromatic nitrogens is 2. The molecule has 1 heterocycles. The molecule has 26 heavy (non-hydrogen) atoms. The molecule has 140 valence electrons. The van der Waals surface area contributed by atoms with Crippen LogP contribution < -0.4 is 4.74 Å². The third-order valence-corrected chi connectivity index (χ3v) is 4.08. The van der Waals surface area contributed by atoms with Crippen LogP contribution in [0.2, 0.25) is 0 Å². The second-order valence-electron chi connectivity index (χ2n) is 5.89. The van der Waals surface area contributed by atoms with Crippen molar-refractivity contribution in [2.45, 2.75) is 25.8 Å². The molecule has 0 aliphatic carbocycles. The molecule has 0 spiro atoms. The van der Waals surface area contributed by atoms with Crippen LogP contribution >= 0.6 is 0 Å². The monoisotopic (exact) mass is 359 g/mol. The molecule has 0 radical (unpaired) electrons. The van der Waals surface area contributed by atoms with E-state index in [1.54, 1.807) is 24.5 Å². The highest BCUT2D eigenvalue weighted by atomic mass is 16.5. The zero-order valence-corrected chi connectivity index (χ0v) is 15.3. The van der Waals surface area contributed by atoms with Crippen LogP contribution in [0.5, 0.6) is 5.75 Å². The number of hydrogen-bond acceptors (Lipinski definition) is 5. The van der Waals surface area contributed by atoms with Crippen LogP contribution in [0.3, 0.4) is 0 Å². The zero-order chi connectivity index (χ0) is 18.8. The van der Waals surface area contributed by atoms with E-state index in [1.165, 1.54) is 7.11 Å². The molecule has 2 rings (SSSR count). The Balaban J connectivity index is 1.92. The van der Waals surface area contributed by atoms with Gasteiger partial charge in [-0.15, -0.1) is 0 Å². The SMILES string of the molecule is COC(=O)CCN(CCCn1ccnc1)C(=O)Cc1ccc(OC)cc1. The van der Waals surface area contributed by atoms with Gasteiger partial charge in [-0.2, -0.15) is 0 Å². The van der Waals surface area contributed by atoms with E-state index in [2.05, 4.69) is 9.72 Å².